The topological polar surface area (TPSA) is 61.4 Å². The average Bonchev–Trinajstić information content (AvgIpc) is 3.07. The number of nitrogens with one attached hydrogen (secondary N) is 1. The molecule has 126 valence electrons. The third-order valence-corrected chi connectivity index (χ3v) is 5.01. The lowest BCUT2D eigenvalue weighted by Gasteiger charge is -2.38. The molecule has 1 saturated carbocycles. The molecule has 6 heteroatoms. The van der Waals surface area contributed by atoms with E-state index in [0.717, 1.165) is 50.5 Å². The smallest absolute Gasteiger partial charge is 0.237 e. The molecule has 0 bridgehead atoms. The molecule has 1 atom stereocenters. The van der Waals surface area contributed by atoms with Gasteiger partial charge in [0.05, 0.1) is 17.9 Å². The number of carbonyl (C=O) groups excluding carboxylic acids is 1. The van der Waals surface area contributed by atoms with Crippen LogP contribution in [0.2, 0.25) is 0 Å². The van der Waals surface area contributed by atoms with Crippen molar-refractivity contribution in [3.05, 3.63) is 18.1 Å². The zero-order chi connectivity index (χ0) is 16.2. The Morgan fingerprint density at radius 2 is 1.91 bits per heavy atom. The van der Waals surface area contributed by atoms with E-state index in [9.17, 15) is 4.79 Å². The van der Waals surface area contributed by atoms with Crippen LogP contribution in [0.3, 0.4) is 0 Å². The highest BCUT2D eigenvalue weighted by Crippen LogP contribution is 2.18. The zero-order valence-corrected chi connectivity index (χ0v) is 14.2. The molecule has 1 aromatic rings. The third kappa shape index (κ3) is 3.99. The van der Waals surface area contributed by atoms with Crippen LogP contribution in [0.25, 0.3) is 0 Å². The number of hydrogen-bond acceptors (Lipinski definition) is 5. The predicted molar refractivity (Wildman–Crippen MR) is 90.4 cm³/mol. The highest BCUT2D eigenvalue weighted by atomic mass is 16.2. The summed E-state index contributed by atoms with van der Waals surface area (Å²) in [6.07, 6.45) is 8.36. The fourth-order valence-corrected chi connectivity index (χ4v) is 3.50. The molecule has 1 N–H and O–H groups in total. The minimum Gasteiger partial charge on any atom is -0.353 e. The van der Waals surface area contributed by atoms with Crippen LogP contribution in [0.15, 0.2) is 12.4 Å². The molecule has 1 unspecified atom stereocenters. The van der Waals surface area contributed by atoms with E-state index in [1.54, 1.807) is 6.20 Å². The van der Waals surface area contributed by atoms with Gasteiger partial charge in [-0.25, -0.2) is 4.98 Å². The first-order valence-corrected chi connectivity index (χ1v) is 8.71. The quantitative estimate of drug-likeness (QED) is 0.908. The molecule has 6 nitrogen and oxygen atoms in total. The van der Waals surface area contributed by atoms with Crippen LogP contribution in [0, 0.1) is 6.92 Å². The molecule has 1 aromatic heterocycles. The Balaban J connectivity index is 1.50. The fraction of sp³-hybridized carbons (Fsp3) is 0.706. The van der Waals surface area contributed by atoms with Crippen LogP contribution in [0.4, 0.5) is 5.82 Å². The molecule has 1 aliphatic heterocycles. The lowest BCUT2D eigenvalue weighted by molar-refractivity contribution is -0.126. The second-order valence-corrected chi connectivity index (χ2v) is 6.71. The monoisotopic (exact) mass is 317 g/mol. The second-order valence-electron chi connectivity index (χ2n) is 6.71. The van der Waals surface area contributed by atoms with Gasteiger partial charge in [0.25, 0.3) is 0 Å². The molecular weight excluding hydrogens is 290 g/mol. The molecule has 0 spiro atoms. The van der Waals surface area contributed by atoms with Crippen molar-refractivity contribution >= 4 is 11.7 Å². The molecule has 0 radical (unpaired) electrons. The van der Waals surface area contributed by atoms with Crippen molar-refractivity contribution < 1.29 is 4.79 Å². The minimum absolute atomic E-state index is 0.0543. The maximum atomic E-state index is 12.4. The molecule has 3 rings (SSSR count). The van der Waals surface area contributed by atoms with Crippen molar-refractivity contribution in [3.8, 4) is 0 Å². The van der Waals surface area contributed by atoms with Crippen LogP contribution in [-0.2, 0) is 4.79 Å². The number of rotatable bonds is 4. The minimum atomic E-state index is -0.0543. The van der Waals surface area contributed by atoms with E-state index in [1.165, 1.54) is 12.8 Å². The second kappa shape index (κ2) is 7.25. The standard InChI is InChI=1S/C17H27N5O/c1-13-11-18-12-16(19-13)22-9-7-21(8-10-22)14(2)17(23)20-15-5-3-4-6-15/h11-12,14-15H,3-10H2,1-2H3,(H,20,23). The van der Waals surface area contributed by atoms with E-state index in [1.807, 2.05) is 20.0 Å². The Morgan fingerprint density at radius 1 is 1.22 bits per heavy atom. The van der Waals surface area contributed by atoms with Gasteiger partial charge in [0.2, 0.25) is 5.91 Å². The zero-order valence-electron chi connectivity index (χ0n) is 14.2. The molecular formula is C17H27N5O. The van der Waals surface area contributed by atoms with Crippen molar-refractivity contribution in [2.45, 2.75) is 51.6 Å². The van der Waals surface area contributed by atoms with Gasteiger partial charge in [-0.05, 0) is 26.7 Å². The van der Waals surface area contributed by atoms with Gasteiger partial charge in [0.15, 0.2) is 0 Å². The maximum Gasteiger partial charge on any atom is 0.237 e. The Kier molecular flexibility index (Phi) is 5.10. The summed E-state index contributed by atoms with van der Waals surface area (Å²) in [6.45, 7) is 7.52. The van der Waals surface area contributed by atoms with Gasteiger partial charge < -0.3 is 10.2 Å². The van der Waals surface area contributed by atoms with Crippen LogP contribution in [-0.4, -0.2) is 59.0 Å². The Bertz CT molecular complexity index is 536. The molecule has 2 heterocycles. The van der Waals surface area contributed by atoms with Gasteiger partial charge in [-0.1, -0.05) is 12.8 Å². The largest absolute Gasteiger partial charge is 0.353 e. The molecule has 23 heavy (non-hydrogen) atoms. The Morgan fingerprint density at radius 3 is 2.57 bits per heavy atom. The number of anilines is 1. The number of carbonyl (C=O) groups is 1. The van der Waals surface area contributed by atoms with Crippen molar-refractivity contribution in [2.24, 2.45) is 0 Å². The predicted octanol–water partition coefficient (Wildman–Crippen LogP) is 1.35. The SMILES string of the molecule is Cc1cncc(N2CCN(C(C)C(=O)NC3CCCC3)CC2)n1. The number of aromatic nitrogens is 2. The first kappa shape index (κ1) is 16.2. The lowest BCUT2D eigenvalue weighted by Crippen LogP contribution is -2.55. The van der Waals surface area contributed by atoms with Gasteiger partial charge in [-0.2, -0.15) is 0 Å². The lowest BCUT2D eigenvalue weighted by atomic mass is 10.2. The number of nitrogens with zero attached hydrogens (tertiary/aromatic N) is 4. The van der Waals surface area contributed by atoms with E-state index < -0.39 is 0 Å². The summed E-state index contributed by atoms with van der Waals surface area (Å²) in [6, 6.07) is 0.343. The van der Waals surface area contributed by atoms with E-state index in [-0.39, 0.29) is 11.9 Å². The number of hydrogen-bond donors (Lipinski definition) is 1. The van der Waals surface area contributed by atoms with Crippen LogP contribution < -0.4 is 10.2 Å². The van der Waals surface area contributed by atoms with Gasteiger partial charge in [0, 0.05) is 38.4 Å². The molecule has 0 aromatic carbocycles. The normalized spacial score (nSPS) is 21.4. The van der Waals surface area contributed by atoms with Crippen molar-refractivity contribution in [3.63, 3.8) is 0 Å². The first-order valence-electron chi connectivity index (χ1n) is 8.71. The number of amides is 1. The van der Waals surface area contributed by atoms with Gasteiger partial charge in [-0.3, -0.25) is 14.7 Å². The van der Waals surface area contributed by atoms with Crippen molar-refractivity contribution in [2.75, 3.05) is 31.1 Å². The van der Waals surface area contributed by atoms with E-state index in [0.29, 0.717) is 6.04 Å². The maximum absolute atomic E-state index is 12.4. The average molecular weight is 317 g/mol. The van der Waals surface area contributed by atoms with E-state index in [4.69, 9.17) is 0 Å². The first-order chi connectivity index (χ1) is 11.1. The Labute approximate surface area is 138 Å². The summed E-state index contributed by atoms with van der Waals surface area (Å²) in [5.41, 5.74) is 0.939. The van der Waals surface area contributed by atoms with Gasteiger partial charge >= 0.3 is 0 Å². The summed E-state index contributed by atoms with van der Waals surface area (Å²) in [5.74, 6) is 1.12. The van der Waals surface area contributed by atoms with Crippen molar-refractivity contribution in [1.29, 1.82) is 0 Å². The van der Waals surface area contributed by atoms with Crippen molar-refractivity contribution in [1.82, 2.24) is 20.2 Å². The van der Waals surface area contributed by atoms with Crippen LogP contribution in [0.5, 0.6) is 0 Å². The molecule has 1 aliphatic carbocycles. The van der Waals surface area contributed by atoms with E-state index >= 15 is 0 Å². The van der Waals surface area contributed by atoms with Gasteiger partial charge in [0.1, 0.15) is 5.82 Å². The highest BCUT2D eigenvalue weighted by Gasteiger charge is 2.28. The van der Waals surface area contributed by atoms with Crippen LogP contribution >= 0.6 is 0 Å². The number of aryl methyl sites for hydroxylation is 1. The summed E-state index contributed by atoms with van der Waals surface area (Å²) in [4.78, 5) is 25.7. The summed E-state index contributed by atoms with van der Waals surface area (Å²) >= 11 is 0. The highest BCUT2D eigenvalue weighted by molar-refractivity contribution is 5.81. The summed E-state index contributed by atoms with van der Waals surface area (Å²) < 4.78 is 0. The molecule has 1 amide bonds. The molecule has 2 fully saturated rings. The third-order valence-electron chi connectivity index (χ3n) is 5.01. The summed E-state index contributed by atoms with van der Waals surface area (Å²) in [7, 11) is 0. The van der Waals surface area contributed by atoms with Crippen LogP contribution in [0.1, 0.15) is 38.3 Å². The van der Waals surface area contributed by atoms with E-state index in [2.05, 4.69) is 25.1 Å². The van der Waals surface area contributed by atoms with Gasteiger partial charge in [-0.15, -0.1) is 0 Å². The number of piperazine rings is 1. The Hall–Kier alpha value is -1.69. The molecule has 1 saturated heterocycles. The summed E-state index contributed by atoms with van der Waals surface area (Å²) in [5, 5.41) is 3.21. The molecule has 2 aliphatic rings. The fourth-order valence-electron chi connectivity index (χ4n) is 3.50.